The number of rotatable bonds is 8. The molecule has 0 radical (unpaired) electrons. The van der Waals surface area contributed by atoms with E-state index in [1.807, 2.05) is 52.3 Å². The Morgan fingerprint density at radius 2 is 1.72 bits per heavy atom. The summed E-state index contributed by atoms with van der Waals surface area (Å²) in [7, 11) is 0. The van der Waals surface area contributed by atoms with Crippen LogP contribution in [0, 0.1) is 5.92 Å². The van der Waals surface area contributed by atoms with Crippen LogP contribution in [-0.2, 0) is 9.59 Å². The molecule has 2 aliphatic rings. The number of halogens is 1. The topological polar surface area (TPSA) is 72.5 Å². The normalized spacial score (nSPS) is 17.3. The summed E-state index contributed by atoms with van der Waals surface area (Å²) in [6.07, 6.45) is 4.52. The van der Waals surface area contributed by atoms with Gasteiger partial charge in [0.15, 0.2) is 0 Å². The molecule has 3 heterocycles. The van der Waals surface area contributed by atoms with Gasteiger partial charge < -0.3 is 14.7 Å². The Balaban J connectivity index is 1.14. The molecular formula is C31H38ClN5O2. The van der Waals surface area contributed by atoms with E-state index in [-0.39, 0.29) is 17.7 Å². The van der Waals surface area contributed by atoms with E-state index >= 15 is 0 Å². The number of nitrogens with zero attached hydrogens (tertiary/aromatic N) is 4. The number of likely N-dealkylation sites (tertiary alicyclic amines) is 2. The maximum absolute atomic E-state index is 13.6. The van der Waals surface area contributed by atoms with Crippen LogP contribution >= 0.6 is 11.6 Å². The summed E-state index contributed by atoms with van der Waals surface area (Å²) < 4.78 is 0. The van der Waals surface area contributed by atoms with Gasteiger partial charge in [-0.1, -0.05) is 48.0 Å². The van der Waals surface area contributed by atoms with Gasteiger partial charge in [-0.3, -0.25) is 14.7 Å². The van der Waals surface area contributed by atoms with Crippen molar-refractivity contribution in [3.8, 4) is 11.3 Å². The minimum atomic E-state index is -0.0643. The predicted octanol–water partition coefficient (Wildman–Crippen LogP) is 5.59. The second kappa shape index (κ2) is 12.8. The van der Waals surface area contributed by atoms with Gasteiger partial charge in [-0.15, -0.1) is 0 Å². The monoisotopic (exact) mass is 547 g/mol. The van der Waals surface area contributed by atoms with Crippen LogP contribution in [0.1, 0.15) is 50.6 Å². The number of carbonyl (C=O) groups excluding carboxylic acids is 2. The number of amides is 2. The molecule has 5 rings (SSSR count). The first-order chi connectivity index (χ1) is 19.0. The lowest BCUT2D eigenvalue weighted by Crippen LogP contribution is -2.45. The second-order valence-electron chi connectivity index (χ2n) is 10.8. The van der Waals surface area contributed by atoms with Crippen LogP contribution in [0.2, 0.25) is 5.02 Å². The highest BCUT2D eigenvalue weighted by atomic mass is 35.5. The van der Waals surface area contributed by atoms with Gasteiger partial charge in [0.1, 0.15) is 0 Å². The standard InChI is InChI=1S/C31H38ClN5O2/c1-23(38)36-19-13-26(14-20-36)31(39)37(28-10-5-9-27(32)21-28)16-6-15-35-17-11-25(12-18-35)30-22-29(33-34-30)24-7-3-2-4-8-24/h2-5,7-10,21-22,25-26H,6,11-20H2,1H3,(H,33,34). The van der Waals surface area contributed by atoms with Crippen molar-refractivity contribution in [2.24, 2.45) is 5.92 Å². The Morgan fingerprint density at radius 3 is 2.41 bits per heavy atom. The van der Waals surface area contributed by atoms with E-state index < -0.39 is 0 Å². The van der Waals surface area contributed by atoms with Crippen LogP contribution in [-0.4, -0.2) is 71.1 Å². The number of carbonyl (C=O) groups is 2. The summed E-state index contributed by atoms with van der Waals surface area (Å²) in [6.45, 7) is 6.59. The van der Waals surface area contributed by atoms with Crippen molar-refractivity contribution in [1.82, 2.24) is 20.0 Å². The van der Waals surface area contributed by atoms with Crippen molar-refractivity contribution in [1.29, 1.82) is 0 Å². The quantitative estimate of drug-likeness (QED) is 0.399. The molecule has 2 amide bonds. The van der Waals surface area contributed by atoms with Gasteiger partial charge in [0.05, 0.1) is 5.69 Å². The largest absolute Gasteiger partial charge is 0.343 e. The Kier molecular flexibility index (Phi) is 8.99. The van der Waals surface area contributed by atoms with Crippen LogP contribution in [0.4, 0.5) is 5.69 Å². The van der Waals surface area contributed by atoms with Gasteiger partial charge in [-0.25, -0.2) is 0 Å². The molecule has 8 heteroatoms. The number of hydrogen-bond donors (Lipinski definition) is 1. The van der Waals surface area contributed by atoms with Crippen molar-refractivity contribution in [2.45, 2.75) is 44.9 Å². The van der Waals surface area contributed by atoms with E-state index in [4.69, 9.17) is 11.6 Å². The summed E-state index contributed by atoms with van der Waals surface area (Å²) >= 11 is 6.29. The molecule has 0 saturated carbocycles. The summed E-state index contributed by atoms with van der Waals surface area (Å²) in [4.78, 5) is 31.6. The van der Waals surface area contributed by atoms with Gasteiger partial charge in [0, 0.05) is 60.4 Å². The number of benzene rings is 2. The lowest BCUT2D eigenvalue weighted by molar-refractivity contribution is -0.133. The van der Waals surface area contributed by atoms with Crippen molar-refractivity contribution < 1.29 is 9.59 Å². The number of aromatic amines is 1. The molecule has 0 spiro atoms. The van der Waals surface area contributed by atoms with E-state index in [9.17, 15) is 9.59 Å². The lowest BCUT2D eigenvalue weighted by atomic mass is 9.93. The van der Waals surface area contributed by atoms with E-state index in [0.717, 1.165) is 55.8 Å². The van der Waals surface area contributed by atoms with Crippen molar-refractivity contribution in [3.63, 3.8) is 0 Å². The number of anilines is 1. The molecule has 1 aromatic heterocycles. The van der Waals surface area contributed by atoms with Crippen molar-refractivity contribution in [3.05, 3.63) is 71.4 Å². The third-order valence-electron chi connectivity index (χ3n) is 8.23. The minimum absolute atomic E-state index is 0.0643. The predicted molar refractivity (Wildman–Crippen MR) is 156 cm³/mol. The van der Waals surface area contributed by atoms with Crippen LogP contribution in [0.5, 0.6) is 0 Å². The SMILES string of the molecule is CC(=O)N1CCC(C(=O)N(CCCN2CCC(c3cc(-c4ccccc4)n[nH]3)CC2)c2cccc(Cl)c2)CC1. The summed E-state index contributed by atoms with van der Waals surface area (Å²) in [6, 6.07) is 20.1. The van der Waals surface area contributed by atoms with Gasteiger partial charge in [-0.2, -0.15) is 5.10 Å². The molecule has 2 fully saturated rings. The average Bonchev–Trinajstić information content (AvgIpc) is 3.46. The third-order valence-corrected chi connectivity index (χ3v) is 8.46. The van der Waals surface area contributed by atoms with E-state index in [0.29, 0.717) is 43.4 Å². The summed E-state index contributed by atoms with van der Waals surface area (Å²) in [5.74, 6) is 0.662. The number of H-pyrrole nitrogens is 1. The summed E-state index contributed by atoms with van der Waals surface area (Å²) in [5.41, 5.74) is 4.22. The molecule has 0 bridgehead atoms. The Labute approximate surface area is 236 Å². The number of aromatic nitrogens is 2. The molecular weight excluding hydrogens is 510 g/mol. The van der Waals surface area contributed by atoms with Gasteiger partial charge in [0.25, 0.3) is 0 Å². The molecule has 39 heavy (non-hydrogen) atoms. The number of nitrogens with one attached hydrogen (secondary N) is 1. The zero-order valence-corrected chi connectivity index (χ0v) is 23.4. The zero-order valence-electron chi connectivity index (χ0n) is 22.7. The van der Waals surface area contributed by atoms with Crippen LogP contribution < -0.4 is 4.90 Å². The van der Waals surface area contributed by atoms with Gasteiger partial charge in [-0.05, 0) is 76.0 Å². The first-order valence-corrected chi connectivity index (χ1v) is 14.5. The minimum Gasteiger partial charge on any atom is -0.343 e. The molecule has 3 aromatic rings. The summed E-state index contributed by atoms with van der Waals surface area (Å²) in [5, 5.41) is 8.46. The van der Waals surface area contributed by atoms with Crippen LogP contribution in [0.15, 0.2) is 60.7 Å². The van der Waals surface area contributed by atoms with Crippen LogP contribution in [0.25, 0.3) is 11.3 Å². The van der Waals surface area contributed by atoms with Crippen molar-refractivity contribution in [2.75, 3.05) is 44.2 Å². The van der Waals surface area contributed by atoms with Gasteiger partial charge >= 0.3 is 0 Å². The van der Waals surface area contributed by atoms with Gasteiger partial charge in [0.2, 0.25) is 11.8 Å². The first-order valence-electron chi connectivity index (χ1n) is 14.1. The lowest BCUT2D eigenvalue weighted by Gasteiger charge is -2.35. The van der Waals surface area contributed by atoms with Crippen LogP contribution in [0.3, 0.4) is 0 Å². The number of piperidine rings is 2. The fourth-order valence-corrected chi connectivity index (χ4v) is 6.08. The Morgan fingerprint density at radius 1 is 0.974 bits per heavy atom. The Bertz CT molecular complexity index is 1250. The fourth-order valence-electron chi connectivity index (χ4n) is 5.89. The molecule has 0 unspecified atom stereocenters. The third kappa shape index (κ3) is 6.89. The highest BCUT2D eigenvalue weighted by Gasteiger charge is 2.30. The van der Waals surface area contributed by atoms with E-state index in [1.54, 1.807) is 6.92 Å². The molecule has 7 nitrogen and oxygen atoms in total. The first kappa shape index (κ1) is 27.4. The Hall–Kier alpha value is -3.16. The second-order valence-corrected chi connectivity index (χ2v) is 11.2. The molecule has 2 aliphatic heterocycles. The molecule has 0 atom stereocenters. The maximum Gasteiger partial charge on any atom is 0.230 e. The highest BCUT2D eigenvalue weighted by Crippen LogP contribution is 2.30. The average molecular weight is 548 g/mol. The number of hydrogen-bond acceptors (Lipinski definition) is 4. The fraction of sp³-hybridized carbons (Fsp3) is 0.452. The molecule has 2 aromatic carbocycles. The van der Waals surface area contributed by atoms with E-state index in [2.05, 4.69) is 33.3 Å². The molecule has 206 valence electrons. The molecule has 0 aliphatic carbocycles. The molecule has 2 saturated heterocycles. The highest BCUT2D eigenvalue weighted by molar-refractivity contribution is 6.30. The zero-order chi connectivity index (χ0) is 27.2. The maximum atomic E-state index is 13.6. The smallest absolute Gasteiger partial charge is 0.230 e. The van der Waals surface area contributed by atoms with Crippen molar-refractivity contribution >= 4 is 29.1 Å². The molecule has 1 N–H and O–H groups in total. The van der Waals surface area contributed by atoms with E-state index in [1.165, 1.54) is 5.69 Å².